The number of nitriles is 1. The van der Waals surface area contributed by atoms with Crippen molar-refractivity contribution in [3.63, 3.8) is 0 Å². The van der Waals surface area contributed by atoms with Gasteiger partial charge in [0.1, 0.15) is 23.6 Å². The van der Waals surface area contributed by atoms with E-state index in [1.807, 2.05) is 6.07 Å². The van der Waals surface area contributed by atoms with Crippen molar-refractivity contribution >= 4 is 41.0 Å². The van der Waals surface area contributed by atoms with Crippen LogP contribution in [0.25, 0.3) is 0 Å². The van der Waals surface area contributed by atoms with Crippen LogP contribution in [0.2, 0.25) is 5.02 Å². The minimum atomic E-state index is -1.39. The van der Waals surface area contributed by atoms with Gasteiger partial charge >= 0.3 is 6.09 Å². The minimum absolute atomic E-state index is 0.0508. The first-order chi connectivity index (χ1) is 20.1. The van der Waals surface area contributed by atoms with E-state index in [1.165, 1.54) is 36.4 Å². The normalized spacial score (nSPS) is 22.3. The zero-order valence-corrected chi connectivity index (χ0v) is 23.7. The molecule has 1 aliphatic carbocycles. The van der Waals surface area contributed by atoms with Gasteiger partial charge in [-0.25, -0.2) is 19.1 Å². The zero-order chi connectivity index (χ0) is 30.0. The van der Waals surface area contributed by atoms with Gasteiger partial charge < -0.3 is 10.1 Å². The summed E-state index contributed by atoms with van der Waals surface area (Å²) in [5.74, 6) is -1.13. The summed E-state index contributed by atoms with van der Waals surface area (Å²) in [6.07, 6.45) is 3.95. The fourth-order valence-corrected chi connectivity index (χ4v) is 5.61. The Balaban J connectivity index is 1.62. The molecular weight excluding hydrogens is 563 g/mol. The number of halogens is 2. The summed E-state index contributed by atoms with van der Waals surface area (Å²) in [4.78, 5) is 52.6. The number of amides is 3. The van der Waals surface area contributed by atoms with Crippen molar-refractivity contribution in [2.75, 3.05) is 16.4 Å². The molecule has 2 aliphatic rings. The summed E-state index contributed by atoms with van der Waals surface area (Å²) in [6, 6.07) is 10.3. The second-order valence-electron chi connectivity index (χ2n) is 10.7. The van der Waals surface area contributed by atoms with E-state index in [4.69, 9.17) is 16.3 Å². The number of aromatic nitrogens is 2. The van der Waals surface area contributed by atoms with Gasteiger partial charge in [0.15, 0.2) is 0 Å². The lowest BCUT2D eigenvalue weighted by atomic mass is 9.78. The molecule has 1 aromatic carbocycles. The Labute approximate surface area is 247 Å². The molecule has 0 spiro atoms. The Morgan fingerprint density at radius 2 is 2.02 bits per heavy atom. The predicted molar refractivity (Wildman–Crippen MR) is 153 cm³/mol. The third-order valence-electron chi connectivity index (χ3n) is 7.30. The molecule has 1 saturated carbocycles. The summed E-state index contributed by atoms with van der Waals surface area (Å²) in [7, 11) is 0. The summed E-state index contributed by atoms with van der Waals surface area (Å²) in [6.45, 7) is 3.22. The van der Waals surface area contributed by atoms with Gasteiger partial charge in [0.2, 0.25) is 5.91 Å². The highest BCUT2D eigenvalue weighted by atomic mass is 35.5. The molecule has 12 heteroatoms. The van der Waals surface area contributed by atoms with E-state index < -0.39 is 41.7 Å². The van der Waals surface area contributed by atoms with Crippen molar-refractivity contribution in [1.82, 2.24) is 15.3 Å². The summed E-state index contributed by atoms with van der Waals surface area (Å²) < 4.78 is 19.6. The largest absolute Gasteiger partial charge is 0.449 e. The molecule has 10 nitrogen and oxygen atoms in total. The monoisotopic (exact) mass is 590 g/mol. The number of benzene rings is 1. The Hall–Kier alpha value is -4.56. The van der Waals surface area contributed by atoms with Crippen LogP contribution in [0.1, 0.15) is 48.9 Å². The fourth-order valence-electron chi connectivity index (χ4n) is 5.37. The SMILES string of the molecule is Cc1cncc(N(C(=O)[C@@H]2CCOC(=O)N2c2cc(C#N)ccn2)[C@H](C(=O)NC2CC(C)(F)C2)c2ccccc2Cl)c1. The van der Waals surface area contributed by atoms with Crippen LogP contribution in [0.5, 0.6) is 0 Å². The van der Waals surface area contributed by atoms with Crippen LogP contribution in [0.3, 0.4) is 0 Å². The third kappa shape index (κ3) is 5.90. The van der Waals surface area contributed by atoms with E-state index >= 15 is 0 Å². The molecule has 5 rings (SSSR count). The average Bonchev–Trinajstić information content (AvgIpc) is 2.95. The summed E-state index contributed by atoms with van der Waals surface area (Å²) >= 11 is 6.61. The molecule has 1 N–H and O–H groups in total. The van der Waals surface area contributed by atoms with Gasteiger partial charge in [-0.3, -0.25) is 19.5 Å². The minimum Gasteiger partial charge on any atom is -0.449 e. The number of nitrogens with one attached hydrogen (secondary N) is 1. The van der Waals surface area contributed by atoms with E-state index in [-0.39, 0.29) is 42.3 Å². The van der Waals surface area contributed by atoms with Crippen LogP contribution in [0.15, 0.2) is 61.1 Å². The Bertz CT molecular complexity index is 1570. The molecule has 2 atom stereocenters. The van der Waals surface area contributed by atoms with Gasteiger partial charge in [-0.05, 0) is 43.7 Å². The van der Waals surface area contributed by atoms with Gasteiger partial charge in [-0.15, -0.1) is 0 Å². The van der Waals surface area contributed by atoms with Crippen LogP contribution < -0.4 is 15.1 Å². The van der Waals surface area contributed by atoms with E-state index in [9.17, 15) is 24.0 Å². The molecule has 3 heterocycles. The van der Waals surface area contributed by atoms with Crippen molar-refractivity contribution in [3.8, 4) is 6.07 Å². The smallest absolute Gasteiger partial charge is 0.416 e. The molecule has 0 radical (unpaired) electrons. The number of rotatable bonds is 7. The molecule has 42 heavy (non-hydrogen) atoms. The van der Waals surface area contributed by atoms with Crippen molar-refractivity contribution in [1.29, 1.82) is 5.26 Å². The number of carbonyl (C=O) groups is 3. The van der Waals surface area contributed by atoms with Gasteiger partial charge in [-0.2, -0.15) is 5.26 Å². The van der Waals surface area contributed by atoms with Crippen molar-refractivity contribution in [3.05, 3.63) is 82.8 Å². The number of cyclic esters (lactones) is 1. The molecule has 216 valence electrons. The molecule has 1 saturated heterocycles. The Morgan fingerprint density at radius 1 is 1.26 bits per heavy atom. The topological polar surface area (TPSA) is 129 Å². The fraction of sp³-hybridized carbons (Fsp3) is 0.333. The lowest BCUT2D eigenvalue weighted by Gasteiger charge is -2.42. The number of nitrogens with zero attached hydrogens (tertiary/aromatic N) is 5. The molecule has 2 aromatic heterocycles. The standard InChI is InChI=1S/C30H28ClFN6O4/c1-18-11-21(17-34-16-18)37(26(22-5-3-4-6-23(22)31)27(39)36-20-13-30(2,32)14-20)28(40)24-8-10-42-29(41)38(24)25-12-19(15-33)7-9-35-25/h3-7,9,11-12,16-17,20,24,26H,8,10,13-14H2,1-2H3,(H,36,39)/t20?,24-,26-,30?/m0/s1. The number of alkyl halides is 1. The van der Waals surface area contributed by atoms with Crippen molar-refractivity contribution < 1.29 is 23.5 Å². The first-order valence-corrected chi connectivity index (χ1v) is 13.8. The van der Waals surface area contributed by atoms with Crippen LogP contribution in [0, 0.1) is 18.3 Å². The number of ether oxygens (including phenoxy) is 1. The van der Waals surface area contributed by atoms with E-state index in [2.05, 4.69) is 15.3 Å². The first kappa shape index (κ1) is 29.0. The summed E-state index contributed by atoms with van der Waals surface area (Å²) in [5.41, 5.74) is 0.198. The Morgan fingerprint density at radius 3 is 2.71 bits per heavy atom. The van der Waals surface area contributed by atoms with Gasteiger partial charge in [0.05, 0.1) is 30.1 Å². The summed E-state index contributed by atoms with van der Waals surface area (Å²) in [5, 5.41) is 12.5. The lowest BCUT2D eigenvalue weighted by Crippen LogP contribution is -2.58. The number of pyridine rings is 2. The first-order valence-electron chi connectivity index (χ1n) is 13.4. The molecule has 3 aromatic rings. The number of aryl methyl sites for hydroxylation is 1. The van der Waals surface area contributed by atoms with Crippen LogP contribution in [0.4, 0.5) is 20.7 Å². The maximum Gasteiger partial charge on any atom is 0.416 e. The maximum absolute atomic E-state index is 14.7. The van der Waals surface area contributed by atoms with Crippen molar-refractivity contribution in [2.24, 2.45) is 0 Å². The van der Waals surface area contributed by atoms with Gasteiger partial charge in [0, 0.05) is 48.3 Å². The van der Waals surface area contributed by atoms with E-state index in [0.29, 0.717) is 11.3 Å². The molecule has 3 amide bonds. The quantitative estimate of drug-likeness (QED) is 0.418. The number of hydrogen-bond donors (Lipinski definition) is 1. The number of anilines is 2. The van der Waals surface area contributed by atoms with Crippen LogP contribution in [-0.4, -0.2) is 52.2 Å². The second kappa shape index (κ2) is 11.7. The number of carbonyl (C=O) groups excluding carboxylic acids is 3. The van der Waals surface area contributed by atoms with Crippen LogP contribution in [-0.2, 0) is 14.3 Å². The third-order valence-corrected chi connectivity index (χ3v) is 7.65. The average molecular weight is 591 g/mol. The predicted octanol–water partition coefficient (Wildman–Crippen LogP) is 4.81. The Kier molecular flexibility index (Phi) is 8.09. The van der Waals surface area contributed by atoms with Crippen molar-refractivity contribution in [2.45, 2.75) is 56.9 Å². The highest BCUT2D eigenvalue weighted by molar-refractivity contribution is 6.31. The zero-order valence-electron chi connectivity index (χ0n) is 23.0. The lowest BCUT2D eigenvalue weighted by molar-refractivity contribution is -0.129. The van der Waals surface area contributed by atoms with Gasteiger partial charge in [-0.1, -0.05) is 29.8 Å². The second-order valence-corrected chi connectivity index (χ2v) is 11.1. The molecule has 2 fully saturated rings. The van der Waals surface area contributed by atoms with Crippen LogP contribution >= 0.6 is 11.6 Å². The molecule has 0 unspecified atom stereocenters. The highest BCUT2D eigenvalue weighted by Crippen LogP contribution is 2.38. The highest BCUT2D eigenvalue weighted by Gasteiger charge is 2.46. The molecular formula is C30H28ClFN6O4. The number of hydrogen-bond acceptors (Lipinski definition) is 7. The maximum atomic E-state index is 14.7. The van der Waals surface area contributed by atoms with Gasteiger partial charge in [0.25, 0.3) is 5.91 Å². The van der Waals surface area contributed by atoms with E-state index in [1.54, 1.807) is 43.5 Å². The van der Waals surface area contributed by atoms with E-state index in [0.717, 1.165) is 10.5 Å². The molecule has 1 aliphatic heterocycles. The molecule has 0 bridgehead atoms.